The van der Waals surface area contributed by atoms with E-state index in [1.54, 1.807) is 11.8 Å². The normalized spacial score (nSPS) is 21.2. The van der Waals surface area contributed by atoms with Crippen molar-refractivity contribution in [1.29, 1.82) is 0 Å². The second-order valence-electron chi connectivity index (χ2n) is 6.26. The van der Waals surface area contributed by atoms with Gasteiger partial charge in [-0.15, -0.1) is 0 Å². The molecule has 2 aliphatic rings. The van der Waals surface area contributed by atoms with Gasteiger partial charge < -0.3 is 14.9 Å². The number of hydrogen-bond donors (Lipinski definition) is 1. The van der Waals surface area contributed by atoms with Gasteiger partial charge in [-0.25, -0.2) is 4.79 Å². The van der Waals surface area contributed by atoms with Gasteiger partial charge in [-0.05, 0) is 32.6 Å². The van der Waals surface area contributed by atoms with E-state index in [9.17, 15) is 9.59 Å². The zero-order chi connectivity index (χ0) is 14.2. The van der Waals surface area contributed by atoms with Gasteiger partial charge in [-0.2, -0.15) is 0 Å². The molecule has 19 heavy (non-hydrogen) atoms. The molecule has 2 amide bonds. The summed E-state index contributed by atoms with van der Waals surface area (Å²) in [6, 6.07) is 0.291. The molecule has 1 aliphatic heterocycles. The van der Waals surface area contributed by atoms with E-state index in [4.69, 9.17) is 5.11 Å². The topological polar surface area (TPSA) is 60.9 Å². The zero-order valence-electron chi connectivity index (χ0n) is 12.0. The van der Waals surface area contributed by atoms with Crippen LogP contribution in [0.15, 0.2) is 0 Å². The first-order valence-electron chi connectivity index (χ1n) is 7.18. The van der Waals surface area contributed by atoms with Crippen LogP contribution in [0.1, 0.15) is 33.6 Å². The van der Waals surface area contributed by atoms with Crippen LogP contribution in [0.2, 0.25) is 0 Å². The van der Waals surface area contributed by atoms with Gasteiger partial charge in [-0.1, -0.05) is 6.92 Å². The Morgan fingerprint density at radius 2 is 1.84 bits per heavy atom. The van der Waals surface area contributed by atoms with E-state index in [1.807, 2.05) is 18.7 Å². The van der Waals surface area contributed by atoms with Crippen LogP contribution < -0.4 is 0 Å². The molecule has 1 atom stereocenters. The summed E-state index contributed by atoms with van der Waals surface area (Å²) in [6.07, 6.45) is 2.46. The van der Waals surface area contributed by atoms with Gasteiger partial charge in [0.25, 0.3) is 0 Å². The van der Waals surface area contributed by atoms with Crippen LogP contribution in [-0.2, 0) is 4.79 Å². The van der Waals surface area contributed by atoms with Crippen molar-refractivity contribution >= 4 is 12.0 Å². The fourth-order valence-electron chi connectivity index (χ4n) is 2.46. The fourth-order valence-corrected chi connectivity index (χ4v) is 2.46. The molecule has 0 bridgehead atoms. The molecule has 1 aliphatic carbocycles. The molecule has 1 N–H and O–H groups in total. The van der Waals surface area contributed by atoms with Crippen LogP contribution in [0.25, 0.3) is 0 Å². The quantitative estimate of drug-likeness (QED) is 0.828. The predicted octanol–water partition coefficient (Wildman–Crippen LogP) is 1.88. The third kappa shape index (κ3) is 3.19. The number of rotatable bonds is 5. The minimum absolute atomic E-state index is 0.0794. The fraction of sp³-hybridized carbons (Fsp3) is 0.857. The zero-order valence-corrected chi connectivity index (χ0v) is 12.0. The molecule has 1 heterocycles. The Balaban J connectivity index is 1.84. The maximum atomic E-state index is 12.4. The predicted molar refractivity (Wildman–Crippen MR) is 71.8 cm³/mol. The third-order valence-corrected chi connectivity index (χ3v) is 4.30. The molecule has 1 unspecified atom stereocenters. The maximum absolute atomic E-state index is 12.4. The molecule has 5 heteroatoms. The van der Waals surface area contributed by atoms with E-state index in [1.165, 1.54) is 12.8 Å². The molecular weight excluding hydrogens is 244 g/mol. The first kappa shape index (κ1) is 14.2. The number of aliphatic carboxylic acids is 1. The molecule has 2 rings (SSSR count). The third-order valence-electron chi connectivity index (χ3n) is 4.30. The van der Waals surface area contributed by atoms with Crippen LogP contribution in [-0.4, -0.2) is 52.6 Å². The van der Waals surface area contributed by atoms with Crippen LogP contribution in [0.3, 0.4) is 0 Å². The number of nitrogens with zero attached hydrogens (tertiary/aromatic N) is 2. The molecule has 0 aromatic rings. The Bertz CT molecular complexity index is 360. The monoisotopic (exact) mass is 268 g/mol. The van der Waals surface area contributed by atoms with Gasteiger partial charge in [0.1, 0.15) is 0 Å². The number of carboxylic acid groups (broad SMARTS) is 1. The lowest BCUT2D eigenvalue weighted by Crippen LogP contribution is -2.58. The molecular formula is C14H24N2O3. The highest BCUT2D eigenvalue weighted by atomic mass is 16.4. The number of carbonyl (C=O) groups is 2. The van der Waals surface area contributed by atoms with Gasteiger partial charge in [0.2, 0.25) is 0 Å². The van der Waals surface area contributed by atoms with Gasteiger partial charge >= 0.3 is 12.0 Å². The lowest BCUT2D eigenvalue weighted by molar-refractivity contribution is -0.145. The summed E-state index contributed by atoms with van der Waals surface area (Å²) in [7, 11) is 0. The van der Waals surface area contributed by atoms with E-state index in [0.29, 0.717) is 19.0 Å². The van der Waals surface area contributed by atoms with Crippen molar-refractivity contribution in [3.63, 3.8) is 0 Å². The van der Waals surface area contributed by atoms with Gasteiger partial charge in [0.15, 0.2) is 0 Å². The highest BCUT2D eigenvalue weighted by molar-refractivity contribution is 5.76. The summed E-state index contributed by atoms with van der Waals surface area (Å²) in [5, 5.41) is 8.95. The lowest BCUT2D eigenvalue weighted by Gasteiger charge is -2.44. The molecule has 2 fully saturated rings. The number of urea groups is 1. The Labute approximate surface area is 114 Å². The van der Waals surface area contributed by atoms with Crippen LogP contribution in [0.4, 0.5) is 4.79 Å². The molecule has 5 nitrogen and oxygen atoms in total. The average Bonchev–Trinajstić information content (AvgIpc) is 3.06. The number of carboxylic acids is 1. The van der Waals surface area contributed by atoms with E-state index in [-0.39, 0.29) is 23.9 Å². The summed E-state index contributed by atoms with van der Waals surface area (Å²) in [6.45, 7) is 7.82. The SMILES string of the molecule is CC(C(=O)O)C1CN(C(=O)N(CC2CC2)C(C)C)C1. The summed E-state index contributed by atoms with van der Waals surface area (Å²) < 4.78 is 0. The first-order chi connectivity index (χ1) is 8.90. The second-order valence-corrected chi connectivity index (χ2v) is 6.26. The first-order valence-corrected chi connectivity index (χ1v) is 7.18. The standard InChI is InChI=1S/C14H24N2O3/c1-9(2)16(6-11-4-5-11)14(19)15-7-12(8-15)10(3)13(17)18/h9-12H,4-8H2,1-3H3,(H,17,18). The van der Waals surface area contributed by atoms with Gasteiger partial charge in [0, 0.05) is 31.6 Å². The molecule has 0 spiro atoms. The minimum Gasteiger partial charge on any atom is -0.481 e. The Kier molecular flexibility index (Phi) is 4.02. The molecule has 1 saturated carbocycles. The van der Waals surface area contributed by atoms with Crippen molar-refractivity contribution in [1.82, 2.24) is 9.80 Å². The van der Waals surface area contributed by atoms with E-state index < -0.39 is 5.97 Å². The summed E-state index contributed by atoms with van der Waals surface area (Å²) in [5.74, 6) is -0.339. The van der Waals surface area contributed by atoms with Crippen molar-refractivity contribution < 1.29 is 14.7 Å². The van der Waals surface area contributed by atoms with E-state index in [0.717, 1.165) is 6.54 Å². The number of likely N-dealkylation sites (tertiary alicyclic amines) is 1. The lowest BCUT2D eigenvalue weighted by atomic mass is 9.87. The van der Waals surface area contributed by atoms with Gasteiger partial charge in [0.05, 0.1) is 5.92 Å². The van der Waals surface area contributed by atoms with E-state index in [2.05, 4.69) is 0 Å². The van der Waals surface area contributed by atoms with Crippen LogP contribution >= 0.6 is 0 Å². The Hall–Kier alpha value is -1.26. The maximum Gasteiger partial charge on any atom is 0.320 e. The van der Waals surface area contributed by atoms with Crippen molar-refractivity contribution in [2.75, 3.05) is 19.6 Å². The smallest absolute Gasteiger partial charge is 0.320 e. The Morgan fingerprint density at radius 1 is 1.26 bits per heavy atom. The van der Waals surface area contributed by atoms with Crippen molar-refractivity contribution in [3.8, 4) is 0 Å². The van der Waals surface area contributed by atoms with Crippen molar-refractivity contribution in [2.24, 2.45) is 17.8 Å². The molecule has 0 aromatic carbocycles. The minimum atomic E-state index is -0.768. The highest BCUT2D eigenvalue weighted by Crippen LogP contribution is 2.32. The largest absolute Gasteiger partial charge is 0.481 e. The molecule has 0 radical (unpaired) electrons. The molecule has 0 aromatic heterocycles. The average molecular weight is 268 g/mol. The number of hydrogen-bond acceptors (Lipinski definition) is 2. The summed E-state index contributed by atoms with van der Waals surface area (Å²) in [5.41, 5.74) is 0. The molecule has 108 valence electrons. The van der Waals surface area contributed by atoms with Crippen molar-refractivity contribution in [2.45, 2.75) is 39.7 Å². The second kappa shape index (κ2) is 5.39. The van der Waals surface area contributed by atoms with Crippen LogP contribution in [0.5, 0.6) is 0 Å². The molecule has 1 saturated heterocycles. The Morgan fingerprint density at radius 3 is 2.26 bits per heavy atom. The van der Waals surface area contributed by atoms with E-state index >= 15 is 0 Å². The van der Waals surface area contributed by atoms with Gasteiger partial charge in [-0.3, -0.25) is 4.79 Å². The van der Waals surface area contributed by atoms with Crippen LogP contribution in [0, 0.1) is 17.8 Å². The summed E-state index contributed by atoms with van der Waals surface area (Å²) in [4.78, 5) is 27.0. The number of carbonyl (C=O) groups excluding carboxylic acids is 1. The number of amides is 2. The van der Waals surface area contributed by atoms with Crippen molar-refractivity contribution in [3.05, 3.63) is 0 Å². The highest BCUT2D eigenvalue weighted by Gasteiger charge is 2.40. The summed E-state index contributed by atoms with van der Waals surface area (Å²) >= 11 is 0.